The van der Waals surface area contributed by atoms with Crippen molar-refractivity contribution >= 4 is 21.9 Å². The summed E-state index contributed by atoms with van der Waals surface area (Å²) in [7, 11) is 0. The molecular weight excluding hydrogens is 779 g/mol. The molecule has 0 unspecified atom stereocenters. The van der Waals surface area contributed by atoms with Gasteiger partial charge in [-0.05, 0) is 86.2 Å². The Morgan fingerprint density at radius 3 is 1.62 bits per heavy atom. The van der Waals surface area contributed by atoms with Crippen LogP contribution in [0.25, 0.3) is 89.5 Å². The zero-order valence-electron chi connectivity index (χ0n) is 34.9. The van der Waals surface area contributed by atoms with E-state index in [1.54, 1.807) is 0 Å². The van der Waals surface area contributed by atoms with Crippen molar-refractivity contribution in [1.29, 1.82) is 0 Å². The third-order valence-electron chi connectivity index (χ3n) is 13.5. The number of hydrogen-bond donors (Lipinski definition) is 0. The number of aryl methyl sites for hydroxylation is 2. The minimum atomic E-state index is -0.376. The van der Waals surface area contributed by atoms with Gasteiger partial charge in [-0.2, -0.15) is 0 Å². The highest BCUT2D eigenvalue weighted by Crippen LogP contribution is 2.63. The van der Waals surface area contributed by atoms with Gasteiger partial charge in [0.2, 0.25) is 0 Å². The molecule has 0 amide bonds. The molecule has 0 saturated heterocycles. The molecule has 0 aliphatic heterocycles. The van der Waals surface area contributed by atoms with E-state index >= 15 is 0 Å². The molecule has 11 aromatic rings. The molecule has 0 bridgehead atoms. The molecule has 2 heterocycles. The maximum absolute atomic E-state index is 6.53. The normalized spacial score (nSPS) is 12.9. The van der Waals surface area contributed by atoms with Crippen LogP contribution in [0.4, 0.5) is 0 Å². The van der Waals surface area contributed by atoms with E-state index in [4.69, 9.17) is 19.4 Å². The van der Waals surface area contributed by atoms with Crippen molar-refractivity contribution in [1.82, 2.24) is 15.0 Å². The Bertz CT molecular complexity index is 3580. The van der Waals surface area contributed by atoms with Gasteiger partial charge < -0.3 is 4.42 Å². The van der Waals surface area contributed by atoms with Gasteiger partial charge in [0.15, 0.2) is 17.5 Å². The largest absolute Gasteiger partial charge is 0.455 e. The summed E-state index contributed by atoms with van der Waals surface area (Å²) in [6.45, 7) is 0. The molecule has 9 aromatic carbocycles. The molecule has 0 radical (unpaired) electrons. The summed E-state index contributed by atoms with van der Waals surface area (Å²) >= 11 is 0. The zero-order chi connectivity index (χ0) is 42.2. The minimum absolute atomic E-state index is 0.376. The second kappa shape index (κ2) is 14.4. The maximum atomic E-state index is 6.53. The van der Waals surface area contributed by atoms with E-state index in [9.17, 15) is 0 Å². The fourth-order valence-corrected chi connectivity index (χ4v) is 10.8. The Balaban J connectivity index is 0.909. The van der Waals surface area contributed by atoms with E-state index in [0.717, 1.165) is 62.6 Å². The second-order valence-corrected chi connectivity index (χ2v) is 16.9. The lowest BCUT2D eigenvalue weighted by Crippen LogP contribution is -2.27. The average Bonchev–Trinajstić information content (AvgIpc) is 4.01. The van der Waals surface area contributed by atoms with Crippen LogP contribution in [-0.4, -0.2) is 15.0 Å². The monoisotopic (exact) mass is 817 g/mol. The molecule has 2 aromatic heterocycles. The molecule has 2 aliphatic rings. The van der Waals surface area contributed by atoms with Crippen molar-refractivity contribution in [2.75, 3.05) is 0 Å². The molecule has 0 atom stereocenters. The number of para-hydroxylation sites is 2. The van der Waals surface area contributed by atoms with Gasteiger partial charge in [0.1, 0.15) is 11.2 Å². The van der Waals surface area contributed by atoms with Crippen molar-refractivity contribution in [3.05, 3.63) is 246 Å². The van der Waals surface area contributed by atoms with Crippen molar-refractivity contribution in [3.8, 4) is 67.5 Å². The highest BCUT2D eigenvalue weighted by molar-refractivity contribution is 6.10. The van der Waals surface area contributed by atoms with Crippen molar-refractivity contribution in [2.45, 2.75) is 18.3 Å². The lowest BCUT2D eigenvalue weighted by molar-refractivity contribution is 0.670. The van der Waals surface area contributed by atoms with Gasteiger partial charge in [-0.1, -0.05) is 200 Å². The summed E-state index contributed by atoms with van der Waals surface area (Å²) < 4.78 is 6.53. The highest BCUT2D eigenvalue weighted by Gasteiger charge is 2.52. The molecule has 4 heteroatoms. The van der Waals surface area contributed by atoms with Crippen molar-refractivity contribution in [2.24, 2.45) is 0 Å². The summed E-state index contributed by atoms with van der Waals surface area (Å²) in [6, 6.07) is 75.9. The fourth-order valence-electron chi connectivity index (χ4n) is 10.8. The zero-order valence-corrected chi connectivity index (χ0v) is 34.9. The third kappa shape index (κ3) is 5.45. The molecule has 0 saturated carbocycles. The van der Waals surface area contributed by atoms with Crippen LogP contribution < -0.4 is 0 Å². The predicted molar refractivity (Wildman–Crippen MR) is 259 cm³/mol. The molecule has 2 aliphatic carbocycles. The van der Waals surface area contributed by atoms with Crippen molar-refractivity contribution < 1.29 is 4.42 Å². The summed E-state index contributed by atoms with van der Waals surface area (Å²) in [5, 5.41) is 2.18. The van der Waals surface area contributed by atoms with Gasteiger partial charge in [-0.15, -0.1) is 0 Å². The highest BCUT2D eigenvalue weighted by atomic mass is 16.3. The van der Waals surface area contributed by atoms with Crippen LogP contribution in [0.1, 0.15) is 33.4 Å². The summed E-state index contributed by atoms with van der Waals surface area (Å²) in [5.41, 5.74) is 19.6. The van der Waals surface area contributed by atoms with Crippen LogP contribution in [0, 0.1) is 0 Å². The van der Waals surface area contributed by atoms with Crippen LogP contribution in [0.3, 0.4) is 0 Å². The van der Waals surface area contributed by atoms with E-state index in [0.29, 0.717) is 17.5 Å². The van der Waals surface area contributed by atoms with Gasteiger partial charge in [-0.25, -0.2) is 15.0 Å². The molecule has 4 nitrogen and oxygen atoms in total. The molecule has 64 heavy (non-hydrogen) atoms. The number of rotatable bonds is 7. The predicted octanol–water partition coefficient (Wildman–Crippen LogP) is 14.6. The number of furan rings is 1. The number of fused-ring (bicyclic) bond motifs is 13. The van der Waals surface area contributed by atoms with Crippen molar-refractivity contribution in [3.63, 3.8) is 0 Å². The Labute approximate surface area is 371 Å². The SMILES string of the molecule is c1ccc(-c2nc(-c3cccc(CCc4cccc5c4C4(c6ccccc6-c6ccccc64)c4ccccc4-5)c3)nc(-c3ccccc3-c3cccc4c3oc3ccccc34)n2)cc1. The van der Waals surface area contributed by atoms with Crippen LogP contribution >= 0.6 is 0 Å². The number of aromatic nitrogens is 3. The summed E-state index contributed by atoms with van der Waals surface area (Å²) in [5.74, 6) is 1.88. The van der Waals surface area contributed by atoms with E-state index in [2.05, 4.69) is 182 Å². The minimum Gasteiger partial charge on any atom is -0.455 e. The summed E-state index contributed by atoms with van der Waals surface area (Å²) in [6.07, 6.45) is 1.74. The molecule has 300 valence electrons. The number of hydrogen-bond acceptors (Lipinski definition) is 4. The van der Waals surface area contributed by atoms with Crippen LogP contribution in [-0.2, 0) is 18.3 Å². The van der Waals surface area contributed by atoms with Gasteiger partial charge in [-0.3, -0.25) is 0 Å². The van der Waals surface area contributed by atoms with E-state index in [1.807, 2.05) is 30.3 Å². The average molecular weight is 818 g/mol. The fraction of sp³-hybridized carbons (Fsp3) is 0.0500. The Hall–Kier alpha value is -8.21. The smallest absolute Gasteiger partial charge is 0.164 e. The summed E-state index contributed by atoms with van der Waals surface area (Å²) in [4.78, 5) is 15.6. The van der Waals surface area contributed by atoms with Gasteiger partial charge in [0.05, 0.1) is 5.41 Å². The Morgan fingerprint density at radius 1 is 0.359 bits per heavy atom. The molecule has 0 N–H and O–H groups in total. The van der Waals surface area contributed by atoms with E-state index in [1.165, 1.54) is 55.6 Å². The lowest BCUT2D eigenvalue weighted by Gasteiger charge is -2.32. The molecule has 0 fully saturated rings. The van der Waals surface area contributed by atoms with Gasteiger partial charge in [0.25, 0.3) is 0 Å². The van der Waals surface area contributed by atoms with E-state index in [-0.39, 0.29) is 5.41 Å². The first-order valence-corrected chi connectivity index (χ1v) is 22.1. The van der Waals surface area contributed by atoms with Gasteiger partial charge in [0, 0.05) is 33.0 Å². The van der Waals surface area contributed by atoms with Crippen LogP contribution in [0.15, 0.2) is 217 Å². The third-order valence-corrected chi connectivity index (χ3v) is 13.5. The molecule has 13 rings (SSSR count). The van der Waals surface area contributed by atoms with Crippen LogP contribution in [0.5, 0.6) is 0 Å². The molecule has 1 spiro atoms. The van der Waals surface area contributed by atoms with Gasteiger partial charge >= 0.3 is 0 Å². The van der Waals surface area contributed by atoms with E-state index < -0.39 is 0 Å². The standard InChI is InChI=1S/C60H39N3O/c1-2-18-40(19-3-1)57-61-58(63-59(62-57)50-27-5-4-22-42(50)48-29-16-30-49-46-26-9-13-34-54(46)64-56(48)49)41-21-14-17-38(37-41)35-36-39-20-15-28-47-45-25-8-12-33-53(45)60(55(39)47)51-31-10-6-23-43(51)44-24-7-11-32-52(44)60/h1-34,37H,35-36H2. The van der Waals surface area contributed by atoms with Crippen LogP contribution in [0.2, 0.25) is 0 Å². The first-order valence-electron chi connectivity index (χ1n) is 22.1. The first kappa shape index (κ1) is 36.4. The Morgan fingerprint density at radius 2 is 0.875 bits per heavy atom. The number of nitrogens with zero attached hydrogens (tertiary/aromatic N) is 3. The lowest BCUT2D eigenvalue weighted by atomic mass is 9.69. The topological polar surface area (TPSA) is 51.8 Å². The maximum Gasteiger partial charge on any atom is 0.164 e. The Kier molecular flexibility index (Phi) is 8.22. The number of benzene rings is 9. The quantitative estimate of drug-likeness (QED) is 0.161. The first-order chi connectivity index (χ1) is 31.7. The molecular formula is C60H39N3O. The second-order valence-electron chi connectivity index (χ2n) is 16.9.